The maximum atomic E-state index is 12.9. The Balaban J connectivity index is 2.40. The van der Waals surface area contributed by atoms with Gasteiger partial charge in [0.05, 0.1) is 11.3 Å². The molecular weight excluding hydrogens is 425 g/mol. The van der Waals surface area contributed by atoms with Gasteiger partial charge in [-0.1, -0.05) is 18.1 Å². The van der Waals surface area contributed by atoms with Crippen molar-refractivity contribution in [2.24, 2.45) is 5.16 Å². The average molecular weight is 454 g/mol. The first-order valence-electron chi connectivity index (χ1n) is 10.5. The maximum absolute atomic E-state index is 12.9. The number of ketones is 1. The second-order valence-corrected chi connectivity index (χ2v) is 7.87. The lowest BCUT2D eigenvalue weighted by Gasteiger charge is -2.28. The third kappa shape index (κ3) is 5.49. The fourth-order valence-electron chi connectivity index (χ4n) is 4.27. The number of carbonyl (C=O) groups excluding carboxylic acids is 2. The molecular formula is C23H29F3N2O4. The Labute approximate surface area is 185 Å². The van der Waals surface area contributed by atoms with E-state index < -0.39 is 12.1 Å². The summed E-state index contributed by atoms with van der Waals surface area (Å²) in [7, 11) is 0. The predicted octanol–water partition coefficient (Wildman–Crippen LogP) is 4.85. The van der Waals surface area contributed by atoms with Gasteiger partial charge in [0.25, 0.3) is 0 Å². The van der Waals surface area contributed by atoms with Crippen LogP contribution in [-0.4, -0.2) is 35.3 Å². The van der Waals surface area contributed by atoms with Gasteiger partial charge in [0, 0.05) is 19.4 Å². The number of rotatable bonds is 7. The Morgan fingerprint density at radius 3 is 2.41 bits per heavy atom. The van der Waals surface area contributed by atoms with E-state index in [2.05, 4.69) is 5.16 Å². The Hall–Kier alpha value is -2.84. The third-order valence-electron chi connectivity index (χ3n) is 5.65. The molecule has 1 aliphatic carbocycles. The third-order valence-corrected chi connectivity index (χ3v) is 5.65. The number of alkyl halides is 3. The normalized spacial score (nSPS) is 17.6. The molecule has 0 aliphatic heterocycles. The zero-order chi connectivity index (χ0) is 24.2. The molecule has 6 nitrogen and oxygen atoms in total. The number of aliphatic hydroxyl groups excluding tert-OH is 1. The molecule has 1 aromatic carbocycles. The molecule has 0 bridgehead atoms. The van der Waals surface area contributed by atoms with Crippen molar-refractivity contribution < 1.29 is 32.7 Å². The smallest absolute Gasteiger partial charge is 0.471 e. The second-order valence-electron chi connectivity index (χ2n) is 7.87. The lowest BCUT2D eigenvalue weighted by atomic mass is 9.76. The first kappa shape index (κ1) is 25.4. The summed E-state index contributed by atoms with van der Waals surface area (Å²) in [6, 6.07) is 1.83. The van der Waals surface area contributed by atoms with Crippen LogP contribution in [0.1, 0.15) is 66.8 Å². The minimum atomic E-state index is -4.96. The molecule has 32 heavy (non-hydrogen) atoms. The van der Waals surface area contributed by atoms with Crippen LogP contribution in [0.15, 0.2) is 22.6 Å². The van der Waals surface area contributed by atoms with Gasteiger partial charge in [-0.05, 0) is 67.9 Å². The topological polar surface area (TPSA) is 88.0 Å². The minimum Gasteiger partial charge on any atom is -0.511 e. The van der Waals surface area contributed by atoms with Gasteiger partial charge in [-0.3, -0.25) is 9.59 Å². The molecule has 9 heteroatoms. The van der Waals surface area contributed by atoms with Crippen LogP contribution in [0.25, 0.3) is 0 Å². The van der Waals surface area contributed by atoms with Gasteiger partial charge < -0.3 is 15.3 Å². The quantitative estimate of drug-likeness (QED) is 0.455. The van der Waals surface area contributed by atoms with Crippen molar-refractivity contribution in [3.63, 3.8) is 0 Å². The molecule has 2 N–H and O–H groups in total. The van der Waals surface area contributed by atoms with E-state index in [1.807, 2.05) is 25.2 Å². The summed E-state index contributed by atoms with van der Waals surface area (Å²) < 4.78 is 37.7. The molecule has 1 aliphatic rings. The van der Waals surface area contributed by atoms with E-state index in [1.165, 1.54) is 0 Å². The van der Waals surface area contributed by atoms with Gasteiger partial charge in [0.1, 0.15) is 12.4 Å². The first-order chi connectivity index (χ1) is 14.9. The van der Waals surface area contributed by atoms with Gasteiger partial charge in [0.2, 0.25) is 0 Å². The van der Waals surface area contributed by atoms with Crippen molar-refractivity contribution in [1.29, 1.82) is 0 Å². The summed E-state index contributed by atoms with van der Waals surface area (Å²) >= 11 is 0. The maximum Gasteiger partial charge on any atom is 0.471 e. The number of hydrogen-bond donors (Lipinski definition) is 2. The van der Waals surface area contributed by atoms with Crippen LogP contribution in [0.2, 0.25) is 0 Å². The Kier molecular flexibility index (Phi) is 8.09. The van der Waals surface area contributed by atoms with Crippen LogP contribution in [0.4, 0.5) is 13.2 Å². The van der Waals surface area contributed by atoms with Gasteiger partial charge in [-0.25, -0.2) is 0 Å². The van der Waals surface area contributed by atoms with E-state index in [0.717, 1.165) is 16.7 Å². The number of aryl methyl sites for hydroxylation is 2. The zero-order valence-corrected chi connectivity index (χ0v) is 18.9. The van der Waals surface area contributed by atoms with Crippen molar-refractivity contribution in [2.45, 2.75) is 72.5 Å². The number of benzene rings is 1. The summed E-state index contributed by atoms with van der Waals surface area (Å²) in [5, 5.41) is 16.6. The van der Waals surface area contributed by atoms with E-state index in [-0.39, 0.29) is 42.4 Å². The predicted molar refractivity (Wildman–Crippen MR) is 115 cm³/mol. The molecule has 0 radical (unpaired) electrons. The molecule has 0 spiro atoms. The molecule has 1 atom stereocenters. The Morgan fingerprint density at radius 1 is 1.22 bits per heavy atom. The van der Waals surface area contributed by atoms with E-state index in [1.54, 1.807) is 20.8 Å². The number of hydrogen-bond acceptors (Lipinski definition) is 5. The van der Waals surface area contributed by atoms with Gasteiger partial charge >= 0.3 is 12.1 Å². The summed E-state index contributed by atoms with van der Waals surface area (Å²) in [4.78, 5) is 29.2. The molecule has 0 saturated carbocycles. The monoisotopic (exact) mass is 454 g/mol. The van der Waals surface area contributed by atoms with Gasteiger partial charge in [-0.2, -0.15) is 13.2 Å². The van der Waals surface area contributed by atoms with Crippen molar-refractivity contribution in [2.75, 3.05) is 6.61 Å². The Bertz CT molecular complexity index is 965. The highest BCUT2D eigenvalue weighted by Gasteiger charge is 2.38. The fourth-order valence-corrected chi connectivity index (χ4v) is 4.27. The van der Waals surface area contributed by atoms with Crippen LogP contribution < -0.4 is 5.32 Å². The van der Waals surface area contributed by atoms with Crippen molar-refractivity contribution in [1.82, 2.24) is 5.32 Å². The van der Waals surface area contributed by atoms with Crippen LogP contribution in [-0.2, 0) is 21.0 Å². The first-order valence-corrected chi connectivity index (χ1v) is 10.5. The largest absolute Gasteiger partial charge is 0.511 e. The van der Waals surface area contributed by atoms with E-state index in [4.69, 9.17) is 4.84 Å². The van der Waals surface area contributed by atoms with E-state index >= 15 is 0 Å². The van der Waals surface area contributed by atoms with E-state index in [9.17, 15) is 27.9 Å². The molecule has 2 rings (SSSR count). The van der Waals surface area contributed by atoms with Crippen LogP contribution >= 0.6 is 0 Å². The molecule has 1 amide bonds. The number of nitrogens with one attached hydrogen (secondary N) is 1. The fraction of sp³-hybridized carbons (Fsp3) is 0.522. The number of halogens is 3. The second kappa shape index (κ2) is 10.2. The highest BCUT2D eigenvalue weighted by molar-refractivity contribution is 6.23. The molecule has 0 saturated heterocycles. The minimum absolute atomic E-state index is 0.0714. The van der Waals surface area contributed by atoms with Crippen molar-refractivity contribution >= 4 is 17.4 Å². The number of Topliss-reactive ketones (excluding diaryl/α,β-unsaturated/α-hetero) is 1. The lowest BCUT2D eigenvalue weighted by molar-refractivity contribution is -0.173. The number of aliphatic hydroxyl groups is 1. The summed E-state index contributed by atoms with van der Waals surface area (Å²) in [5.41, 5.74) is 4.25. The van der Waals surface area contributed by atoms with Gasteiger partial charge in [0.15, 0.2) is 5.78 Å². The summed E-state index contributed by atoms with van der Waals surface area (Å²) in [5.74, 6) is -2.67. The molecule has 176 valence electrons. The highest BCUT2D eigenvalue weighted by atomic mass is 19.4. The number of carbonyl (C=O) groups is 2. The molecule has 0 heterocycles. The van der Waals surface area contributed by atoms with Gasteiger partial charge in [-0.15, -0.1) is 0 Å². The highest BCUT2D eigenvalue weighted by Crippen LogP contribution is 2.39. The van der Waals surface area contributed by atoms with Crippen LogP contribution in [0.5, 0.6) is 0 Å². The summed E-state index contributed by atoms with van der Waals surface area (Å²) in [6.45, 7) is 9.02. The van der Waals surface area contributed by atoms with Crippen molar-refractivity contribution in [3.8, 4) is 0 Å². The molecule has 0 fully saturated rings. The molecule has 0 aromatic heterocycles. The van der Waals surface area contributed by atoms with Crippen LogP contribution in [0, 0.1) is 20.8 Å². The molecule has 1 unspecified atom stereocenters. The number of oxime groups is 1. The zero-order valence-electron chi connectivity index (χ0n) is 18.9. The number of nitrogens with zero attached hydrogens (tertiary/aromatic N) is 1. The van der Waals surface area contributed by atoms with E-state index in [0.29, 0.717) is 29.9 Å². The number of amides is 1. The number of allylic oxidation sites excluding steroid dienone is 2. The van der Waals surface area contributed by atoms with Crippen LogP contribution in [0.3, 0.4) is 0 Å². The van der Waals surface area contributed by atoms with Crippen molar-refractivity contribution in [3.05, 3.63) is 45.2 Å². The average Bonchev–Trinajstić information content (AvgIpc) is 2.68. The standard InChI is InChI=1S/C23H29F3N2O4/c1-6-17(28-32-7-2)21-18(29)9-15(10-19(21)30)20-13(4)8-12(3)16(14(20)5)11-27-22(31)23(24,25)26/h8,15,29H,6-7,9-11H2,1-5H3,(H,27,31)/b28-17-. The summed E-state index contributed by atoms with van der Waals surface area (Å²) in [6.07, 6.45) is -4.21. The molecule has 1 aromatic rings. The Morgan fingerprint density at radius 2 is 1.88 bits per heavy atom. The SMILES string of the molecule is CCO/N=C(/CC)C1=C(O)CC(c2c(C)cc(C)c(CNC(=O)C(F)(F)F)c2C)CC1=O. The lowest BCUT2D eigenvalue weighted by Crippen LogP contribution is -2.36.